The molecule has 2 aromatic heterocycles. The smallest absolute Gasteiger partial charge is 0.289 e. The summed E-state index contributed by atoms with van der Waals surface area (Å²) < 4.78 is 8.31. The van der Waals surface area contributed by atoms with Crippen LogP contribution in [-0.2, 0) is 13.1 Å². The van der Waals surface area contributed by atoms with Crippen molar-refractivity contribution in [3.05, 3.63) is 117 Å². The second-order valence-electron chi connectivity index (χ2n) is 10.2. The first-order valence-electron chi connectivity index (χ1n) is 13.3. The Morgan fingerprint density at radius 2 is 1.69 bits per heavy atom. The minimum Gasteiger partial charge on any atom is -0.455 e. The first-order chi connectivity index (χ1) is 19.0. The average Bonchev–Trinajstić information content (AvgIpc) is 3.63. The zero-order chi connectivity index (χ0) is 26.9. The maximum Gasteiger partial charge on any atom is 0.289 e. The molecule has 200 valence electrons. The Morgan fingerprint density at radius 1 is 0.923 bits per heavy atom. The van der Waals surface area contributed by atoms with Crippen molar-refractivity contribution in [3.63, 3.8) is 0 Å². The second kappa shape index (κ2) is 10.4. The number of nitro benzene ring substituents is 1. The molecule has 0 saturated carbocycles. The summed E-state index contributed by atoms with van der Waals surface area (Å²) in [5.74, 6) is 1.01. The molecule has 1 fully saturated rings. The number of aryl methyl sites for hydroxylation is 1. The van der Waals surface area contributed by atoms with Crippen molar-refractivity contribution in [2.24, 2.45) is 0 Å². The van der Waals surface area contributed by atoms with Gasteiger partial charge in [0, 0.05) is 69.0 Å². The number of hydrogen-bond donors (Lipinski definition) is 0. The van der Waals surface area contributed by atoms with Crippen LogP contribution in [0.4, 0.5) is 11.4 Å². The Balaban J connectivity index is 1.15. The van der Waals surface area contributed by atoms with Crippen LogP contribution >= 0.6 is 0 Å². The summed E-state index contributed by atoms with van der Waals surface area (Å²) in [6.45, 7) is 7.13. The molecule has 1 unspecified atom stereocenters. The van der Waals surface area contributed by atoms with E-state index in [1.54, 1.807) is 18.2 Å². The fraction of sp³-hybridized carbons (Fsp3) is 0.300. The maximum absolute atomic E-state index is 13.3. The lowest BCUT2D eigenvalue weighted by Gasteiger charge is -2.37. The molecule has 4 heterocycles. The van der Waals surface area contributed by atoms with Gasteiger partial charge in [-0.1, -0.05) is 30.3 Å². The molecule has 1 atom stereocenters. The van der Waals surface area contributed by atoms with Gasteiger partial charge in [0.05, 0.1) is 17.5 Å². The van der Waals surface area contributed by atoms with Gasteiger partial charge in [-0.3, -0.25) is 19.8 Å². The van der Waals surface area contributed by atoms with Crippen molar-refractivity contribution in [1.29, 1.82) is 0 Å². The molecule has 2 aliphatic heterocycles. The molecular weight excluding hydrogens is 494 g/mol. The number of furan rings is 1. The number of non-ortho nitro benzene ring substituents is 1. The lowest BCUT2D eigenvalue weighted by Crippen LogP contribution is -2.48. The Labute approximate surface area is 227 Å². The molecule has 0 bridgehead atoms. The highest BCUT2D eigenvalue weighted by Gasteiger charge is 2.31. The number of benzene rings is 2. The van der Waals surface area contributed by atoms with Gasteiger partial charge in [0.15, 0.2) is 5.76 Å². The molecule has 2 aromatic carbocycles. The second-order valence-corrected chi connectivity index (χ2v) is 10.2. The van der Waals surface area contributed by atoms with Gasteiger partial charge in [0.1, 0.15) is 5.76 Å². The van der Waals surface area contributed by atoms with Crippen LogP contribution < -0.4 is 4.90 Å². The molecular formula is C30H31N5O4. The number of hydrogen-bond acceptors (Lipinski definition) is 6. The summed E-state index contributed by atoms with van der Waals surface area (Å²) in [6.07, 6.45) is 2.06. The molecule has 0 N–H and O–H groups in total. The third-order valence-corrected chi connectivity index (χ3v) is 7.81. The molecule has 0 aliphatic carbocycles. The van der Waals surface area contributed by atoms with Crippen LogP contribution in [0, 0.1) is 17.0 Å². The molecule has 0 radical (unpaired) electrons. The fourth-order valence-corrected chi connectivity index (χ4v) is 5.76. The topological polar surface area (TPSA) is 88.0 Å². The lowest BCUT2D eigenvalue weighted by atomic mass is 9.99. The van der Waals surface area contributed by atoms with E-state index in [2.05, 4.69) is 51.8 Å². The van der Waals surface area contributed by atoms with Crippen LogP contribution in [0.15, 0.2) is 83.4 Å². The minimum atomic E-state index is -0.380. The predicted octanol–water partition coefficient (Wildman–Crippen LogP) is 4.87. The largest absolute Gasteiger partial charge is 0.455 e. The number of fused-ring (bicyclic) bond motifs is 1. The number of nitrogens with zero attached hydrogens (tertiary/aromatic N) is 5. The van der Waals surface area contributed by atoms with E-state index in [1.165, 1.54) is 11.3 Å². The molecule has 0 spiro atoms. The van der Waals surface area contributed by atoms with E-state index in [0.717, 1.165) is 43.2 Å². The van der Waals surface area contributed by atoms with Gasteiger partial charge >= 0.3 is 0 Å². The number of amides is 1. The highest BCUT2D eigenvalue weighted by Crippen LogP contribution is 2.34. The van der Waals surface area contributed by atoms with Crippen LogP contribution in [0.5, 0.6) is 0 Å². The molecule has 1 saturated heterocycles. The number of aromatic nitrogens is 1. The number of anilines is 1. The van der Waals surface area contributed by atoms with Crippen molar-refractivity contribution in [1.82, 2.24) is 14.4 Å². The van der Waals surface area contributed by atoms with E-state index in [9.17, 15) is 14.9 Å². The van der Waals surface area contributed by atoms with E-state index < -0.39 is 0 Å². The Hall–Kier alpha value is -4.37. The standard InChI is InChI=1S/C30H31N5O4/c1-22-5-2-3-6-26(22)32-15-18-33(19-16-32)30(36)28-13-12-25(39-28)21-34-20-17-31-14-4-7-27(31)29(34)23-8-10-24(11-9-23)35(37)38/h2-14,29H,15-21H2,1H3. The predicted molar refractivity (Wildman–Crippen MR) is 148 cm³/mol. The highest BCUT2D eigenvalue weighted by molar-refractivity contribution is 5.91. The van der Waals surface area contributed by atoms with E-state index in [4.69, 9.17) is 4.42 Å². The van der Waals surface area contributed by atoms with Crippen LogP contribution in [0.3, 0.4) is 0 Å². The summed E-state index contributed by atoms with van der Waals surface area (Å²) in [5.41, 5.74) is 4.65. The van der Waals surface area contributed by atoms with Crippen LogP contribution in [0.25, 0.3) is 0 Å². The van der Waals surface area contributed by atoms with Crippen molar-refractivity contribution in [2.75, 3.05) is 37.6 Å². The molecule has 9 heteroatoms. The highest BCUT2D eigenvalue weighted by atomic mass is 16.6. The van der Waals surface area contributed by atoms with Gasteiger partial charge in [0.2, 0.25) is 0 Å². The SMILES string of the molecule is Cc1ccccc1N1CCN(C(=O)c2ccc(CN3CCn4cccc4C3c3ccc([N+](=O)[O-])cc3)o2)CC1. The van der Waals surface area contributed by atoms with E-state index in [1.807, 2.05) is 35.2 Å². The Morgan fingerprint density at radius 3 is 2.44 bits per heavy atom. The normalized spacial score (nSPS) is 17.7. The number of carbonyl (C=O) groups excluding carboxylic acids is 1. The van der Waals surface area contributed by atoms with Crippen LogP contribution in [0.2, 0.25) is 0 Å². The summed E-state index contributed by atoms with van der Waals surface area (Å²) >= 11 is 0. The third kappa shape index (κ3) is 4.93. The molecule has 2 aliphatic rings. The van der Waals surface area contributed by atoms with Gasteiger partial charge in [-0.25, -0.2) is 0 Å². The Bertz CT molecular complexity index is 1480. The van der Waals surface area contributed by atoms with Gasteiger partial charge in [-0.2, -0.15) is 0 Å². The average molecular weight is 526 g/mol. The van der Waals surface area contributed by atoms with E-state index in [-0.39, 0.29) is 22.6 Å². The zero-order valence-corrected chi connectivity index (χ0v) is 21.9. The lowest BCUT2D eigenvalue weighted by molar-refractivity contribution is -0.384. The fourth-order valence-electron chi connectivity index (χ4n) is 5.76. The molecule has 1 amide bonds. The van der Waals surface area contributed by atoms with Gasteiger partial charge < -0.3 is 18.8 Å². The van der Waals surface area contributed by atoms with Crippen molar-refractivity contribution in [2.45, 2.75) is 26.1 Å². The van der Waals surface area contributed by atoms with Crippen LogP contribution in [0.1, 0.15) is 39.2 Å². The summed E-state index contributed by atoms with van der Waals surface area (Å²) in [5, 5.41) is 11.2. The minimum absolute atomic E-state index is 0.0745. The summed E-state index contributed by atoms with van der Waals surface area (Å²) in [4.78, 5) is 30.5. The summed E-state index contributed by atoms with van der Waals surface area (Å²) in [7, 11) is 0. The van der Waals surface area contributed by atoms with Gasteiger partial charge in [0.25, 0.3) is 11.6 Å². The molecule has 39 heavy (non-hydrogen) atoms. The van der Waals surface area contributed by atoms with Crippen molar-refractivity contribution in [3.8, 4) is 0 Å². The van der Waals surface area contributed by atoms with Crippen molar-refractivity contribution < 1.29 is 14.1 Å². The van der Waals surface area contributed by atoms with Gasteiger partial charge in [-0.15, -0.1) is 0 Å². The number of carbonyl (C=O) groups is 1. The number of rotatable bonds is 6. The zero-order valence-electron chi connectivity index (χ0n) is 21.9. The van der Waals surface area contributed by atoms with E-state index >= 15 is 0 Å². The third-order valence-electron chi connectivity index (χ3n) is 7.81. The monoisotopic (exact) mass is 525 g/mol. The van der Waals surface area contributed by atoms with E-state index in [0.29, 0.717) is 25.4 Å². The first kappa shape index (κ1) is 24.9. The maximum atomic E-state index is 13.3. The number of piperazine rings is 1. The van der Waals surface area contributed by atoms with Crippen LogP contribution in [-0.4, -0.2) is 57.9 Å². The number of nitro groups is 1. The first-order valence-corrected chi connectivity index (χ1v) is 13.3. The molecule has 6 rings (SSSR count). The molecule has 4 aromatic rings. The van der Waals surface area contributed by atoms with Crippen molar-refractivity contribution >= 4 is 17.3 Å². The molecule has 9 nitrogen and oxygen atoms in total. The Kier molecular flexibility index (Phi) is 6.66. The van der Waals surface area contributed by atoms with Gasteiger partial charge in [-0.05, 0) is 48.4 Å². The summed E-state index contributed by atoms with van der Waals surface area (Å²) in [6, 6.07) is 22.8. The quantitative estimate of drug-likeness (QED) is 0.264. The number of para-hydroxylation sites is 1.